The van der Waals surface area contributed by atoms with Gasteiger partial charge in [0.15, 0.2) is 11.0 Å². The lowest BCUT2D eigenvalue weighted by molar-refractivity contribution is -0.115. The summed E-state index contributed by atoms with van der Waals surface area (Å²) in [6.45, 7) is 6.22. The van der Waals surface area contributed by atoms with Crippen molar-refractivity contribution in [1.29, 1.82) is 5.26 Å². The van der Waals surface area contributed by atoms with Crippen LogP contribution in [0.15, 0.2) is 58.8 Å². The number of carbonyl (C=O) groups excluding carboxylic acids is 1. The van der Waals surface area contributed by atoms with E-state index in [4.69, 9.17) is 9.68 Å². The quantitative estimate of drug-likeness (QED) is 0.458. The van der Waals surface area contributed by atoms with Crippen LogP contribution in [0.5, 0.6) is 0 Å². The van der Waals surface area contributed by atoms with Crippen LogP contribution >= 0.6 is 11.8 Å². The average molecular weight is 393 g/mol. The molecule has 2 aromatic heterocycles. The molecule has 28 heavy (non-hydrogen) atoms. The first-order chi connectivity index (χ1) is 13.6. The minimum absolute atomic E-state index is 0.157. The SMILES string of the molecule is C=CCn1c(SCCC(=O)Nc2ccccc2C#N)nnc1-c1ccoc1C. The first-order valence-corrected chi connectivity index (χ1v) is 9.63. The maximum absolute atomic E-state index is 12.2. The molecule has 3 aromatic rings. The number of rotatable bonds is 8. The van der Waals surface area contributed by atoms with Gasteiger partial charge in [-0.3, -0.25) is 9.36 Å². The Kier molecular flexibility index (Phi) is 6.29. The van der Waals surface area contributed by atoms with Crippen molar-refractivity contribution in [3.63, 3.8) is 0 Å². The molecule has 0 spiro atoms. The van der Waals surface area contributed by atoms with Crippen LogP contribution in [0, 0.1) is 18.3 Å². The molecule has 142 valence electrons. The fourth-order valence-corrected chi connectivity index (χ4v) is 3.53. The largest absolute Gasteiger partial charge is 0.469 e. The van der Waals surface area contributed by atoms with Crippen molar-refractivity contribution < 1.29 is 9.21 Å². The highest BCUT2D eigenvalue weighted by atomic mass is 32.2. The van der Waals surface area contributed by atoms with Gasteiger partial charge >= 0.3 is 0 Å². The molecule has 0 bridgehead atoms. The Balaban J connectivity index is 1.64. The van der Waals surface area contributed by atoms with Gasteiger partial charge in [0.2, 0.25) is 5.91 Å². The number of thioether (sulfide) groups is 1. The Morgan fingerprint density at radius 1 is 1.39 bits per heavy atom. The van der Waals surface area contributed by atoms with E-state index in [1.807, 2.05) is 17.6 Å². The number of furan rings is 1. The molecule has 7 nitrogen and oxygen atoms in total. The number of hydrogen-bond acceptors (Lipinski definition) is 6. The van der Waals surface area contributed by atoms with Gasteiger partial charge in [-0.15, -0.1) is 16.8 Å². The molecule has 2 heterocycles. The van der Waals surface area contributed by atoms with Crippen molar-refractivity contribution in [2.24, 2.45) is 0 Å². The van der Waals surface area contributed by atoms with E-state index in [2.05, 4.69) is 28.2 Å². The van der Waals surface area contributed by atoms with Crippen LogP contribution in [-0.2, 0) is 11.3 Å². The van der Waals surface area contributed by atoms with Crippen molar-refractivity contribution in [1.82, 2.24) is 14.8 Å². The summed E-state index contributed by atoms with van der Waals surface area (Å²) in [4.78, 5) is 12.2. The number of nitrogens with one attached hydrogen (secondary N) is 1. The van der Waals surface area contributed by atoms with Crippen molar-refractivity contribution in [3.8, 4) is 17.5 Å². The van der Waals surface area contributed by atoms with Crippen molar-refractivity contribution >= 4 is 23.4 Å². The summed E-state index contributed by atoms with van der Waals surface area (Å²) >= 11 is 1.44. The molecule has 0 aliphatic heterocycles. The highest BCUT2D eigenvalue weighted by Gasteiger charge is 2.17. The summed E-state index contributed by atoms with van der Waals surface area (Å²) in [6, 6.07) is 10.8. The van der Waals surface area contributed by atoms with Gasteiger partial charge in [0, 0.05) is 18.7 Å². The predicted molar refractivity (Wildman–Crippen MR) is 108 cm³/mol. The summed E-state index contributed by atoms with van der Waals surface area (Å²) in [5, 5.41) is 21.1. The number of hydrogen-bond donors (Lipinski definition) is 1. The second-order valence-corrected chi connectivity index (χ2v) is 6.96. The van der Waals surface area contributed by atoms with E-state index >= 15 is 0 Å². The summed E-state index contributed by atoms with van der Waals surface area (Å²) in [7, 11) is 0. The number of nitriles is 1. The number of aromatic nitrogens is 3. The Labute approximate surface area is 167 Å². The zero-order valence-corrected chi connectivity index (χ0v) is 16.2. The number of anilines is 1. The predicted octanol–water partition coefficient (Wildman–Crippen LogP) is 4.03. The number of allylic oxidation sites excluding steroid dienone is 1. The van der Waals surface area contributed by atoms with Gasteiger partial charge in [-0.05, 0) is 25.1 Å². The summed E-state index contributed by atoms with van der Waals surface area (Å²) in [5.41, 5.74) is 1.84. The second-order valence-electron chi connectivity index (χ2n) is 5.90. The zero-order valence-electron chi connectivity index (χ0n) is 15.4. The summed E-state index contributed by atoms with van der Waals surface area (Å²) < 4.78 is 7.30. The number of aryl methyl sites for hydroxylation is 1. The van der Waals surface area contributed by atoms with Gasteiger partial charge in [0.1, 0.15) is 11.8 Å². The molecule has 0 unspecified atom stereocenters. The highest BCUT2D eigenvalue weighted by molar-refractivity contribution is 7.99. The number of para-hydroxylation sites is 1. The molecule has 0 radical (unpaired) electrons. The van der Waals surface area contributed by atoms with Gasteiger partial charge < -0.3 is 9.73 Å². The first-order valence-electron chi connectivity index (χ1n) is 8.64. The smallest absolute Gasteiger partial charge is 0.225 e. The van der Waals surface area contributed by atoms with Crippen LogP contribution < -0.4 is 5.32 Å². The molecule has 0 saturated heterocycles. The number of amides is 1. The number of carbonyl (C=O) groups is 1. The molecule has 0 fully saturated rings. The summed E-state index contributed by atoms with van der Waals surface area (Å²) in [6.07, 6.45) is 3.68. The third-order valence-corrected chi connectivity index (χ3v) is 4.98. The van der Waals surface area contributed by atoms with E-state index < -0.39 is 0 Å². The molecular formula is C20H19N5O2S. The Bertz CT molecular complexity index is 1030. The molecule has 0 saturated carbocycles. The lowest BCUT2D eigenvalue weighted by atomic mass is 10.2. The van der Waals surface area contributed by atoms with Crippen LogP contribution in [0.4, 0.5) is 5.69 Å². The van der Waals surface area contributed by atoms with E-state index in [1.165, 1.54) is 11.8 Å². The van der Waals surface area contributed by atoms with E-state index in [9.17, 15) is 4.79 Å². The minimum Gasteiger partial charge on any atom is -0.469 e. The van der Waals surface area contributed by atoms with Crippen LogP contribution in [0.1, 0.15) is 17.7 Å². The van der Waals surface area contributed by atoms with Crippen LogP contribution in [0.2, 0.25) is 0 Å². The molecule has 1 N–H and O–H groups in total. The maximum atomic E-state index is 12.2. The molecule has 0 aliphatic carbocycles. The van der Waals surface area contributed by atoms with Gasteiger partial charge in [-0.1, -0.05) is 30.0 Å². The molecule has 0 atom stereocenters. The second kappa shape index (κ2) is 9.06. The molecule has 1 aromatic carbocycles. The fourth-order valence-electron chi connectivity index (χ4n) is 2.64. The zero-order chi connectivity index (χ0) is 19.9. The van der Waals surface area contributed by atoms with Gasteiger partial charge in [0.25, 0.3) is 0 Å². The molecular weight excluding hydrogens is 374 g/mol. The molecule has 3 rings (SSSR count). The van der Waals surface area contributed by atoms with E-state index in [1.54, 1.807) is 36.6 Å². The van der Waals surface area contributed by atoms with Gasteiger partial charge in [-0.25, -0.2) is 0 Å². The van der Waals surface area contributed by atoms with Crippen molar-refractivity contribution in [2.75, 3.05) is 11.1 Å². The summed E-state index contributed by atoms with van der Waals surface area (Å²) in [5.74, 6) is 1.85. The first kappa shape index (κ1) is 19.5. The lowest BCUT2D eigenvalue weighted by Gasteiger charge is -2.08. The molecule has 0 aliphatic rings. The Morgan fingerprint density at radius 3 is 2.93 bits per heavy atom. The third kappa shape index (κ3) is 4.32. The lowest BCUT2D eigenvalue weighted by Crippen LogP contribution is -2.13. The van der Waals surface area contributed by atoms with Crippen molar-refractivity contribution in [2.45, 2.75) is 25.0 Å². The topological polar surface area (TPSA) is 96.7 Å². The maximum Gasteiger partial charge on any atom is 0.225 e. The van der Waals surface area contributed by atoms with Crippen LogP contribution in [0.25, 0.3) is 11.4 Å². The van der Waals surface area contributed by atoms with E-state index in [0.29, 0.717) is 34.5 Å². The van der Waals surface area contributed by atoms with Gasteiger partial charge in [0.05, 0.1) is 23.1 Å². The van der Waals surface area contributed by atoms with E-state index in [0.717, 1.165) is 11.3 Å². The molecule has 1 amide bonds. The Morgan fingerprint density at radius 2 is 2.21 bits per heavy atom. The normalized spacial score (nSPS) is 10.4. The average Bonchev–Trinajstić information content (AvgIpc) is 3.28. The van der Waals surface area contributed by atoms with Crippen LogP contribution in [0.3, 0.4) is 0 Å². The fraction of sp³-hybridized carbons (Fsp3) is 0.200. The van der Waals surface area contributed by atoms with Crippen molar-refractivity contribution in [3.05, 3.63) is 60.6 Å². The number of benzene rings is 1. The standard InChI is InChI=1S/C20H19N5O2S/c1-3-10-25-19(16-8-11-27-14(16)2)23-24-20(25)28-12-9-18(26)22-17-7-5-4-6-15(17)13-21/h3-8,11H,1,9-10,12H2,2H3,(H,22,26). The Hall–Kier alpha value is -3.31. The van der Waals surface area contributed by atoms with Gasteiger partial charge in [-0.2, -0.15) is 5.26 Å². The van der Waals surface area contributed by atoms with E-state index in [-0.39, 0.29) is 12.3 Å². The third-order valence-electron chi connectivity index (χ3n) is 4.01. The molecule has 8 heteroatoms. The highest BCUT2D eigenvalue weighted by Crippen LogP contribution is 2.27. The minimum atomic E-state index is -0.157. The van der Waals surface area contributed by atoms with Crippen LogP contribution in [-0.4, -0.2) is 26.4 Å². The number of nitrogens with zero attached hydrogens (tertiary/aromatic N) is 4. The monoisotopic (exact) mass is 393 g/mol.